The third kappa shape index (κ3) is 19.0. The molecule has 54 valence electrons. The van der Waals surface area contributed by atoms with Gasteiger partial charge in [-0.3, -0.25) is 0 Å². The molecule has 9 heavy (non-hydrogen) atoms. The van der Waals surface area contributed by atoms with Crippen molar-refractivity contribution in [2.75, 3.05) is 7.05 Å². The standard InChI is InChI=1S/C5H10N2.C2H6/c1-3-4-5-7-6-2;1-2/h3-6H,1-2H3;1-2H3/b4-3-,7-5-;. The van der Waals surface area contributed by atoms with E-state index in [0.717, 1.165) is 0 Å². The molecule has 0 aromatic carbocycles. The number of nitrogens with one attached hydrogen (secondary N) is 1. The van der Waals surface area contributed by atoms with Crippen molar-refractivity contribution >= 4 is 6.21 Å². The summed E-state index contributed by atoms with van der Waals surface area (Å²) in [5.74, 6) is 0. The van der Waals surface area contributed by atoms with Crippen molar-refractivity contribution in [3.63, 3.8) is 0 Å². The lowest BCUT2D eigenvalue weighted by Gasteiger charge is -1.77. The molecule has 0 aliphatic heterocycles. The highest BCUT2D eigenvalue weighted by Gasteiger charge is 1.54. The highest BCUT2D eigenvalue weighted by Crippen LogP contribution is 1.60. The summed E-state index contributed by atoms with van der Waals surface area (Å²) in [5, 5.41) is 3.70. The third-order valence-corrected chi connectivity index (χ3v) is 0.482. The maximum absolute atomic E-state index is 3.70. The van der Waals surface area contributed by atoms with Crippen LogP contribution in [0.3, 0.4) is 0 Å². The predicted molar refractivity (Wildman–Crippen MR) is 43.7 cm³/mol. The van der Waals surface area contributed by atoms with Gasteiger partial charge in [-0.25, -0.2) is 0 Å². The first-order valence-corrected chi connectivity index (χ1v) is 3.23. The van der Waals surface area contributed by atoms with Gasteiger partial charge in [0.2, 0.25) is 0 Å². The van der Waals surface area contributed by atoms with E-state index in [1.165, 1.54) is 0 Å². The minimum absolute atomic E-state index is 1.69. The summed E-state index contributed by atoms with van der Waals surface area (Å²) in [6.07, 6.45) is 5.47. The Kier molecular flexibility index (Phi) is 19.3. The zero-order chi connectivity index (χ0) is 7.54. The van der Waals surface area contributed by atoms with Crippen molar-refractivity contribution in [3.8, 4) is 0 Å². The number of allylic oxidation sites excluding steroid dienone is 2. The Morgan fingerprint density at radius 2 is 1.89 bits per heavy atom. The minimum atomic E-state index is 1.69. The Balaban J connectivity index is 0. The molecule has 0 aliphatic carbocycles. The molecule has 2 heteroatoms. The molecule has 0 bridgehead atoms. The first-order chi connectivity index (χ1) is 4.41. The fourth-order valence-corrected chi connectivity index (χ4v) is 0.204. The first-order valence-electron chi connectivity index (χ1n) is 3.23. The Morgan fingerprint density at radius 1 is 1.33 bits per heavy atom. The van der Waals surface area contributed by atoms with E-state index in [0.29, 0.717) is 0 Å². The van der Waals surface area contributed by atoms with E-state index >= 15 is 0 Å². The van der Waals surface area contributed by atoms with Crippen LogP contribution in [0.2, 0.25) is 0 Å². The van der Waals surface area contributed by atoms with E-state index in [1.54, 1.807) is 13.3 Å². The molecule has 0 aliphatic rings. The van der Waals surface area contributed by atoms with Gasteiger partial charge in [-0.05, 0) is 13.0 Å². The monoisotopic (exact) mass is 128 g/mol. The lowest BCUT2D eigenvalue weighted by atomic mass is 10.6. The lowest BCUT2D eigenvalue weighted by molar-refractivity contribution is 0.909. The van der Waals surface area contributed by atoms with Crippen LogP contribution in [0.25, 0.3) is 0 Å². The molecule has 0 unspecified atom stereocenters. The van der Waals surface area contributed by atoms with Crippen molar-refractivity contribution in [1.29, 1.82) is 0 Å². The zero-order valence-corrected chi connectivity index (χ0v) is 6.68. The van der Waals surface area contributed by atoms with Gasteiger partial charge in [0.15, 0.2) is 0 Å². The van der Waals surface area contributed by atoms with Crippen LogP contribution in [0.1, 0.15) is 20.8 Å². The molecule has 0 atom stereocenters. The van der Waals surface area contributed by atoms with Crippen molar-refractivity contribution in [2.24, 2.45) is 5.10 Å². The SMILES string of the molecule is C/C=C\C=N/NC.CC. The Labute approximate surface area is 57.7 Å². The van der Waals surface area contributed by atoms with Crippen molar-refractivity contribution in [2.45, 2.75) is 20.8 Å². The molecule has 0 saturated heterocycles. The van der Waals surface area contributed by atoms with Crippen LogP contribution in [-0.4, -0.2) is 13.3 Å². The zero-order valence-electron chi connectivity index (χ0n) is 6.68. The molecule has 2 nitrogen and oxygen atoms in total. The highest BCUT2D eigenvalue weighted by molar-refractivity contribution is 5.70. The number of hydrogen-bond donors (Lipinski definition) is 1. The van der Waals surface area contributed by atoms with Crippen molar-refractivity contribution in [3.05, 3.63) is 12.2 Å². The van der Waals surface area contributed by atoms with Crippen molar-refractivity contribution in [1.82, 2.24) is 5.43 Å². The van der Waals surface area contributed by atoms with Crippen LogP contribution in [0.4, 0.5) is 0 Å². The molecule has 0 saturated carbocycles. The van der Waals surface area contributed by atoms with Gasteiger partial charge in [0.1, 0.15) is 0 Å². The fourth-order valence-electron chi connectivity index (χ4n) is 0.204. The molecular weight excluding hydrogens is 112 g/mol. The van der Waals surface area contributed by atoms with Crippen LogP contribution in [-0.2, 0) is 0 Å². The van der Waals surface area contributed by atoms with Gasteiger partial charge in [0, 0.05) is 13.3 Å². The average molecular weight is 128 g/mol. The molecule has 0 fully saturated rings. The largest absolute Gasteiger partial charge is 0.313 e. The van der Waals surface area contributed by atoms with Gasteiger partial charge in [-0.2, -0.15) is 5.10 Å². The number of nitrogens with zero attached hydrogens (tertiary/aromatic N) is 1. The van der Waals surface area contributed by atoms with E-state index < -0.39 is 0 Å². The molecule has 0 heterocycles. The number of hydrazone groups is 1. The predicted octanol–water partition coefficient (Wildman–Crippen LogP) is 1.79. The van der Waals surface area contributed by atoms with Gasteiger partial charge in [0.05, 0.1) is 0 Å². The lowest BCUT2D eigenvalue weighted by Crippen LogP contribution is -1.91. The topological polar surface area (TPSA) is 24.4 Å². The van der Waals surface area contributed by atoms with E-state index in [4.69, 9.17) is 0 Å². The van der Waals surface area contributed by atoms with E-state index in [1.807, 2.05) is 32.9 Å². The number of hydrogen-bond acceptors (Lipinski definition) is 2. The van der Waals surface area contributed by atoms with Gasteiger partial charge in [-0.15, -0.1) is 0 Å². The molecule has 0 spiro atoms. The molecule has 0 aromatic heterocycles. The second-order valence-electron chi connectivity index (χ2n) is 1.03. The summed E-state index contributed by atoms with van der Waals surface area (Å²) in [7, 11) is 1.76. The van der Waals surface area contributed by atoms with Crippen LogP contribution < -0.4 is 5.43 Å². The van der Waals surface area contributed by atoms with Crippen LogP contribution in [0, 0.1) is 0 Å². The quantitative estimate of drug-likeness (QED) is 0.445. The third-order valence-electron chi connectivity index (χ3n) is 0.482. The molecule has 0 rings (SSSR count). The summed E-state index contributed by atoms with van der Waals surface area (Å²) in [5.41, 5.74) is 2.62. The molecular formula is C7H16N2. The first kappa shape index (κ1) is 11.1. The van der Waals surface area contributed by atoms with Crippen LogP contribution in [0.15, 0.2) is 17.3 Å². The summed E-state index contributed by atoms with van der Waals surface area (Å²) in [6.45, 7) is 5.95. The van der Waals surface area contributed by atoms with Crippen LogP contribution >= 0.6 is 0 Å². The maximum Gasteiger partial charge on any atom is 0.0464 e. The number of rotatable bonds is 2. The average Bonchev–Trinajstić information content (AvgIpc) is 1.94. The van der Waals surface area contributed by atoms with Gasteiger partial charge < -0.3 is 5.43 Å². The Bertz CT molecular complexity index is 75.0. The Morgan fingerprint density at radius 3 is 2.22 bits per heavy atom. The molecule has 1 N–H and O–H groups in total. The van der Waals surface area contributed by atoms with E-state index in [9.17, 15) is 0 Å². The van der Waals surface area contributed by atoms with Crippen LogP contribution in [0.5, 0.6) is 0 Å². The summed E-state index contributed by atoms with van der Waals surface area (Å²) in [6, 6.07) is 0. The summed E-state index contributed by atoms with van der Waals surface area (Å²) in [4.78, 5) is 0. The maximum atomic E-state index is 3.70. The second-order valence-corrected chi connectivity index (χ2v) is 1.03. The smallest absolute Gasteiger partial charge is 0.0464 e. The summed E-state index contributed by atoms with van der Waals surface area (Å²) >= 11 is 0. The molecule has 0 amide bonds. The van der Waals surface area contributed by atoms with E-state index in [2.05, 4.69) is 10.5 Å². The van der Waals surface area contributed by atoms with Crippen molar-refractivity contribution < 1.29 is 0 Å². The normalized spacial score (nSPS) is 9.33. The molecule has 0 radical (unpaired) electrons. The van der Waals surface area contributed by atoms with Gasteiger partial charge in [0.25, 0.3) is 0 Å². The van der Waals surface area contributed by atoms with Gasteiger partial charge >= 0.3 is 0 Å². The summed E-state index contributed by atoms with van der Waals surface area (Å²) < 4.78 is 0. The fraction of sp³-hybridized carbons (Fsp3) is 0.571. The highest BCUT2D eigenvalue weighted by atomic mass is 15.3. The second kappa shape index (κ2) is 15.7. The minimum Gasteiger partial charge on any atom is -0.313 e. The van der Waals surface area contributed by atoms with Gasteiger partial charge in [-0.1, -0.05) is 19.9 Å². The molecule has 0 aromatic rings. The Hall–Kier alpha value is -0.790. The van der Waals surface area contributed by atoms with E-state index in [-0.39, 0.29) is 0 Å².